The third kappa shape index (κ3) is 3.92. The van der Waals surface area contributed by atoms with Crippen LogP contribution in [0.5, 0.6) is 0 Å². The number of carbonyl (C=O) groups is 1. The minimum Gasteiger partial charge on any atom is -0.366 e. The van der Waals surface area contributed by atoms with Crippen molar-refractivity contribution < 1.29 is 4.79 Å². The average molecular weight is 282 g/mol. The molecule has 2 rings (SSSR count). The highest BCUT2D eigenvalue weighted by Crippen LogP contribution is 2.22. The Morgan fingerprint density at radius 3 is 2.33 bits per heavy atom. The molecule has 2 aromatic rings. The van der Waals surface area contributed by atoms with Gasteiger partial charge in [-0.2, -0.15) is 0 Å². The fourth-order valence-electron chi connectivity index (χ4n) is 2.42. The summed E-state index contributed by atoms with van der Waals surface area (Å²) in [5.74, 6) is -0.380. The van der Waals surface area contributed by atoms with Crippen LogP contribution in [0.25, 0.3) is 0 Å². The van der Waals surface area contributed by atoms with Gasteiger partial charge in [-0.3, -0.25) is 4.79 Å². The maximum Gasteiger partial charge on any atom is 0.249 e. The molecule has 0 radical (unpaired) electrons. The summed E-state index contributed by atoms with van der Waals surface area (Å²) in [5.41, 5.74) is 8.24. The molecule has 0 atom stereocenters. The van der Waals surface area contributed by atoms with Crippen LogP contribution in [0, 0.1) is 0 Å². The van der Waals surface area contributed by atoms with Crippen molar-refractivity contribution in [1.82, 2.24) is 5.32 Å². The molecule has 0 bridgehead atoms. The number of primary amides is 1. The number of nitrogens with two attached hydrogens (primary N) is 1. The van der Waals surface area contributed by atoms with Gasteiger partial charge < -0.3 is 11.1 Å². The molecule has 3 heteroatoms. The van der Waals surface area contributed by atoms with E-state index in [1.54, 1.807) is 6.07 Å². The van der Waals surface area contributed by atoms with Gasteiger partial charge in [0.2, 0.25) is 5.91 Å². The number of rotatable bonds is 6. The van der Waals surface area contributed by atoms with Crippen molar-refractivity contribution in [2.24, 2.45) is 5.73 Å². The van der Waals surface area contributed by atoms with E-state index in [0.29, 0.717) is 12.1 Å². The normalized spacial score (nSPS) is 11.3. The smallest absolute Gasteiger partial charge is 0.249 e. The van der Waals surface area contributed by atoms with Crippen LogP contribution in [-0.4, -0.2) is 12.5 Å². The fraction of sp³-hybridized carbons (Fsp3) is 0.278. The zero-order valence-corrected chi connectivity index (χ0v) is 12.6. The van der Waals surface area contributed by atoms with Crippen LogP contribution in [0.1, 0.15) is 35.3 Å². The lowest BCUT2D eigenvalue weighted by Gasteiger charge is -2.26. The Morgan fingerprint density at radius 2 is 1.67 bits per heavy atom. The molecule has 0 heterocycles. The van der Waals surface area contributed by atoms with Gasteiger partial charge in [-0.05, 0) is 17.2 Å². The second-order valence-corrected chi connectivity index (χ2v) is 5.87. The first-order valence-corrected chi connectivity index (χ1v) is 7.15. The van der Waals surface area contributed by atoms with Crippen molar-refractivity contribution >= 4 is 5.91 Å². The largest absolute Gasteiger partial charge is 0.366 e. The van der Waals surface area contributed by atoms with Gasteiger partial charge >= 0.3 is 0 Å². The molecule has 0 spiro atoms. The van der Waals surface area contributed by atoms with E-state index in [0.717, 1.165) is 12.1 Å². The minimum absolute atomic E-state index is 0.0307. The highest BCUT2D eigenvalue weighted by molar-refractivity contribution is 5.94. The van der Waals surface area contributed by atoms with E-state index in [1.165, 1.54) is 5.56 Å². The molecule has 0 fully saturated rings. The number of nitrogens with one attached hydrogen (secondary N) is 1. The van der Waals surface area contributed by atoms with Crippen molar-refractivity contribution in [2.45, 2.75) is 25.8 Å². The van der Waals surface area contributed by atoms with Crippen molar-refractivity contribution in [3.05, 3.63) is 71.3 Å². The molecule has 0 saturated carbocycles. The van der Waals surface area contributed by atoms with Crippen LogP contribution in [0.2, 0.25) is 0 Å². The van der Waals surface area contributed by atoms with Crippen LogP contribution >= 0.6 is 0 Å². The van der Waals surface area contributed by atoms with Crippen LogP contribution in [0.4, 0.5) is 0 Å². The quantitative estimate of drug-likeness (QED) is 0.856. The van der Waals surface area contributed by atoms with E-state index < -0.39 is 0 Å². The Morgan fingerprint density at radius 1 is 1.05 bits per heavy atom. The SMILES string of the molecule is CC(C)(CNCc1ccccc1C(N)=O)c1ccccc1. The number of hydrogen-bond acceptors (Lipinski definition) is 2. The van der Waals surface area contributed by atoms with E-state index >= 15 is 0 Å². The Kier molecular flexibility index (Phi) is 4.76. The summed E-state index contributed by atoms with van der Waals surface area (Å²) in [5, 5.41) is 3.43. The number of hydrogen-bond donors (Lipinski definition) is 2. The summed E-state index contributed by atoms with van der Waals surface area (Å²) in [6.45, 7) is 5.87. The molecule has 0 aromatic heterocycles. The molecule has 3 nitrogen and oxygen atoms in total. The maximum absolute atomic E-state index is 11.4. The molecule has 0 aliphatic rings. The van der Waals surface area contributed by atoms with Gasteiger partial charge in [-0.15, -0.1) is 0 Å². The minimum atomic E-state index is -0.380. The Labute approximate surface area is 126 Å². The molecule has 2 aromatic carbocycles. The first kappa shape index (κ1) is 15.3. The molecular weight excluding hydrogens is 260 g/mol. The molecule has 0 saturated heterocycles. The monoisotopic (exact) mass is 282 g/mol. The first-order chi connectivity index (χ1) is 10.0. The summed E-state index contributed by atoms with van der Waals surface area (Å²) >= 11 is 0. The predicted octanol–water partition coefficient (Wildman–Crippen LogP) is 2.85. The molecule has 0 aliphatic heterocycles. The highest BCUT2D eigenvalue weighted by Gasteiger charge is 2.19. The van der Waals surface area contributed by atoms with Crippen molar-refractivity contribution in [3.8, 4) is 0 Å². The van der Waals surface area contributed by atoms with Gasteiger partial charge in [-0.25, -0.2) is 0 Å². The van der Waals surface area contributed by atoms with Gasteiger partial charge in [0.15, 0.2) is 0 Å². The lowest BCUT2D eigenvalue weighted by Crippen LogP contribution is -2.33. The zero-order chi connectivity index (χ0) is 15.3. The van der Waals surface area contributed by atoms with Crippen LogP contribution in [0.15, 0.2) is 54.6 Å². The first-order valence-electron chi connectivity index (χ1n) is 7.15. The van der Waals surface area contributed by atoms with Crippen molar-refractivity contribution in [2.75, 3.05) is 6.54 Å². The zero-order valence-electron chi connectivity index (χ0n) is 12.6. The van der Waals surface area contributed by atoms with Gasteiger partial charge in [0, 0.05) is 24.1 Å². The summed E-state index contributed by atoms with van der Waals surface area (Å²) in [7, 11) is 0. The van der Waals surface area contributed by atoms with E-state index in [2.05, 4.69) is 43.4 Å². The average Bonchev–Trinajstić information content (AvgIpc) is 2.48. The Bertz CT molecular complexity index is 606. The van der Waals surface area contributed by atoms with E-state index in [1.807, 2.05) is 24.3 Å². The van der Waals surface area contributed by atoms with Gasteiger partial charge in [-0.1, -0.05) is 62.4 Å². The summed E-state index contributed by atoms with van der Waals surface area (Å²) in [6.07, 6.45) is 0. The van der Waals surface area contributed by atoms with Crippen molar-refractivity contribution in [3.63, 3.8) is 0 Å². The summed E-state index contributed by atoms with van der Waals surface area (Å²) in [4.78, 5) is 11.4. The number of carbonyl (C=O) groups excluding carboxylic acids is 1. The summed E-state index contributed by atoms with van der Waals surface area (Å²) < 4.78 is 0. The van der Waals surface area contributed by atoms with Crippen molar-refractivity contribution in [1.29, 1.82) is 0 Å². The predicted molar refractivity (Wildman–Crippen MR) is 86.1 cm³/mol. The second kappa shape index (κ2) is 6.55. The molecule has 0 aliphatic carbocycles. The molecular formula is C18H22N2O. The Balaban J connectivity index is 2.00. The van der Waals surface area contributed by atoms with Gasteiger partial charge in [0.25, 0.3) is 0 Å². The van der Waals surface area contributed by atoms with E-state index in [-0.39, 0.29) is 11.3 Å². The number of benzene rings is 2. The van der Waals surface area contributed by atoms with Gasteiger partial charge in [0.1, 0.15) is 0 Å². The third-order valence-corrected chi connectivity index (χ3v) is 3.72. The molecule has 1 amide bonds. The third-order valence-electron chi connectivity index (χ3n) is 3.72. The standard InChI is InChI=1S/C18H22N2O/c1-18(2,15-9-4-3-5-10-15)13-20-12-14-8-6-7-11-16(14)17(19)21/h3-11,20H,12-13H2,1-2H3,(H2,19,21). The molecule has 0 unspecified atom stereocenters. The topological polar surface area (TPSA) is 55.1 Å². The molecule has 21 heavy (non-hydrogen) atoms. The summed E-state index contributed by atoms with van der Waals surface area (Å²) in [6, 6.07) is 17.9. The lowest BCUT2D eigenvalue weighted by atomic mass is 9.84. The number of amides is 1. The second-order valence-electron chi connectivity index (χ2n) is 5.87. The fourth-order valence-corrected chi connectivity index (χ4v) is 2.42. The molecule has 110 valence electrons. The Hall–Kier alpha value is -2.13. The molecule has 3 N–H and O–H groups in total. The van der Waals surface area contributed by atoms with Crippen LogP contribution in [-0.2, 0) is 12.0 Å². The van der Waals surface area contributed by atoms with E-state index in [9.17, 15) is 4.79 Å². The lowest BCUT2D eigenvalue weighted by molar-refractivity contribution is 0.0999. The maximum atomic E-state index is 11.4. The van der Waals surface area contributed by atoms with Crippen LogP contribution in [0.3, 0.4) is 0 Å². The highest BCUT2D eigenvalue weighted by atomic mass is 16.1. The van der Waals surface area contributed by atoms with Gasteiger partial charge in [0.05, 0.1) is 0 Å². The van der Waals surface area contributed by atoms with Crippen LogP contribution < -0.4 is 11.1 Å². The van der Waals surface area contributed by atoms with E-state index in [4.69, 9.17) is 5.73 Å².